The van der Waals surface area contributed by atoms with Crippen LogP contribution in [-0.2, 0) is 6.54 Å². The number of aryl methyl sites for hydroxylation is 1. The molecule has 27 heavy (non-hydrogen) atoms. The molecule has 0 fully saturated rings. The topological polar surface area (TPSA) is 10.4 Å². The van der Waals surface area contributed by atoms with E-state index in [1.165, 1.54) is 58.9 Å². The Morgan fingerprint density at radius 1 is 0.704 bits per heavy atom. The van der Waals surface area contributed by atoms with Crippen molar-refractivity contribution in [1.82, 2.24) is 0 Å². The van der Waals surface area contributed by atoms with E-state index < -0.39 is 0 Å². The molecule has 0 radical (unpaired) electrons. The lowest BCUT2D eigenvalue weighted by molar-refractivity contribution is -0.645. The summed E-state index contributed by atoms with van der Waals surface area (Å²) in [5, 5.41) is 2.63. The molecule has 0 saturated carbocycles. The summed E-state index contributed by atoms with van der Waals surface area (Å²) in [5.74, 6) is 0. The van der Waals surface area contributed by atoms with Crippen LogP contribution in [-0.4, -0.2) is 28.2 Å². The zero-order valence-electron chi connectivity index (χ0n) is 17.3. The van der Waals surface area contributed by atoms with Gasteiger partial charge in [-0.25, -0.2) is 0 Å². The molecule has 0 bridgehead atoms. The highest BCUT2D eigenvalue weighted by molar-refractivity contribution is 5.91. The number of hydrogen-bond acceptors (Lipinski definition) is 2. The minimum atomic E-state index is 0. The van der Waals surface area contributed by atoms with Gasteiger partial charge in [-0.1, -0.05) is 19.8 Å². The molecule has 1 heterocycles. The van der Waals surface area contributed by atoms with Crippen molar-refractivity contribution in [3.05, 3.63) is 42.5 Å². The zero-order chi connectivity index (χ0) is 18.7. The standard InChI is InChI=1S/C23H32N3.ClH/c1-6-7-8-9-14-26-22-16-20(24(2)3)12-10-18(22)15-19-11-13-21(25(4)5)17-23(19)26;/h10-13,15-17H,6-9,14H2,1-5H3;1H/q+1;/p-1. The fraction of sp³-hybridized carbons (Fsp3) is 0.435. The van der Waals surface area contributed by atoms with Gasteiger partial charge in [0.25, 0.3) is 0 Å². The summed E-state index contributed by atoms with van der Waals surface area (Å²) in [6.07, 6.45) is 5.11. The van der Waals surface area contributed by atoms with Crippen LogP contribution in [0.4, 0.5) is 11.4 Å². The summed E-state index contributed by atoms with van der Waals surface area (Å²) in [7, 11) is 8.44. The fourth-order valence-corrected chi connectivity index (χ4v) is 3.57. The first-order valence-electron chi connectivity index (χ1n) is 9.76. The lowest BCUT2D eigenvalue weighted by Crippen LogP contribution is -3.00. The Morgan fingerprint density at radius 2 is 1.22 bits per heavy atom. The zero-order valence-corrected chi connectivity index (χ0v) is 18.1. The van der Waals surface area contributed by atoms with Gasteiger partial charge < -0.3 is 22.2 Å². The number of anilines is 2. The molecule has 0 N–H and O–H groups in total. The average Bonchev–Trinajstić information content (AvgIpc) is 2.63. The second-order valence-corrected chi connectivity index (χ2v) is 7.63. The Labute approximate surface area is 170 Å². The molecule has 0 aliphatic heterocycles. The van der Waals surface area contributed by atoms with E-state index >= 15 is 0 Å². The quantitative estimate of drug-likeness (QED) is 0.350. The number of pyridine rings is 1. The molecule has 3 aromatic rings. The normalized spacial score (nSPS) is 10.9. The van der Waals surface area contributed by atoms with Crippen LogP contribution in [0.5, 0.6) is 0 Å². The summed E-state index contributed by atoms with van der Waals surface area (Å²) >= 11 is 0. The Kier molecular flexibility index (Phi) is 7.32. The third kappa shape index (κ3) is 4.65. The van der Waals surface area contributed by atoms with Gasteiger partial charge in [-0.2, -0.15) is 4.57 Å². The van der Waals surface area contributed by atoms with E-state index in [0.717, 1.165) is 6.54 Å². The van der Waals surface area contributed by atoms with E-state index in [4.69, 9.17) is 0 Å². The number of rotatable bonds is 7. The van der Waals surface area contributed by atoms with Gasteiger partial charge in [0.2, 0.25) is 11.0 Å². The van der Waals surface area contributed by atoms with E-state index in [9.17, 15) is 0 Å². The SMILES string of the molecule is CCCCCC[n+]1c2cc(N(C)C)ccc2cc2ccc(N(C)C)cc21.[Cl-]. The number of nitrogens with zero attached hydrogens (tertiary/aromatic N) is 3. The van der Waals surface area contributed by atoms with Crippen LogP contribution in [0, 0.1) is 0 Å². The number of hydrogen-bond donors (Lipinski definition) is 0. The van der Waals surface area contributed by atoms with Crippen molar-refractivity contribution < 1.29 is 17.0 Å². The first-order valence-corrected chi connectivity index (χ1v) is 9.76. The molecule has 0 unspecified atom stereocenters. The molecule has 3 nitrogen and oxygen atoms in total. The molecule has 0 amide bonds. The van der Waals surface area contributed by atoms with Crippen molar-refractivity contribution in [2.75, 3.05) is 38.0 Å². The number of unbranched alkanes of at least 4 members (excludes halogenated alkanes) is 3. The minimum Gasteiger partial charge on any atom is -1.00 e. The summed E-state index contributed by atoms with van der Waals surface area (Å²) in [5.41, 5.74) is 5.16. The highest BCUT2D eigenvalue weighted by atomic mass is 35.5. The first-order chi connectivity index (χ1) is 12.5. The van der Waals surface area contributed by atoms with Gasteiger partial charge in [0, 0.05) is 68.9 Å². The van der Waals surface area contributed by atoms with Crippen molar-refractivity contribution >= 4 is 33.2 Å². The molecular formula is C23H32ClN3. The predicted molar refractivity (Wildman–Crippen MR) is 114 cm³/mol. The third-order valence-electron chi connectivity index (χ3n) is 5.19. The van der Waals surface area contributed by atoms with E-state index in [0.29, 0.717) is 0 Å². The van der Waals surface area contributed by atoms with Crippen molar-refractivity contribution in [1.29, 1.82) is 0 Å². The average molecular weight is 386 g/mol. The van der Waals surface area contributed by atoms with Gasteiger partial charge in [-0.05, 0) is 36.8 Å². The Bertz CT molecular complexity index is 837. The van der Waals surface area contributed by atoms with E-state index in [1.54, 1.807) is 0 Å². The maximum Gasteiger partial charge on any atom is 0.215 e. The number of halogens is 1. The summed E-state index contributed by atoms with van der Waals surface area (Å²) < 4.78 is 2.53. The van der Waals surface area contributed by atoms with Crippen LogP contribution in [0.3, 0.4) is 0 Å². The highest BCUT2D eigenvalue weighted by Gasteiger charge is 2.17. The third-order valence-corrected chi connectivity index (χ3v) is 5.19. The second kappa shape index (κ2) is 9.27. The van der Waals surface area contributed by atoms with Crippen molar-refractivity contribution in [2.24, 2.45) is 0 Å². The van der Waals surface area contributed by atoms with Crippen molar-refractivity contribution in [2.45, 2.75) is 39.2 Å². The molecule has 3 rings (SSSR count). The van der Waals surface area contributed by atoms with Crippen LogP contribution in [0.2, 0.25) is 0 Å². The number of fused-ring (bicyclic) bond motifs is 2. The van der Waals surface area contributed by atoms with Crippen LogP contribution in [0.25, 0.3) is 21.8 Å². The molecule has 0 aliphatic rings. The van der Waals surface area contributed by atoms with Crippen LogP contribution < -0.4 is 26.8 Å². The van der Waals surface area contributed by atoms with E-state index in [1.807, 2.05) is 0 Å². The van der Waals surface area contributed by atoms with E-state index in [-0.39, 0.29) is 12.4 Å². The lowest BCUT2D eigenvalue weighted by Gasteiger charge is -2.15. The van der Waals surface area contributed by atoms with Gasteiger partial charge in [0.1, 0.15) is 6.54 Å². The van der Waals surface area contributed by atoms with Crippen LogP contribution in [0.15, 0.2) is 42.5 Å². The monoisotopic (exact) mass is 385 g/mol. The first kappa shape index (κ1) is 21.3. The van der Waals surface area contributed by atoms with E-state index in [2.05, 4.69) is 91.9 Å². The smallest absolute Gasteiger partial charge is 0.215 e. The molecule has 0 atom stereocenters. The number of aromatic nitrogens is 1. The summed E-state index contributed by atoms with van der Waals surface area (Å²) in [6.45, 7) is 3.34. The molecular weight excluding hydrogens is 354 g/mol. The largest absolute Gasteiger partial charge is 1.00 e. The van der Waals surface area contributed by atoms with Gasteiger partial charge in [-0.3, -0.25) is 0 Å². The van der Waals surface area contributed by atoms with Gasteiger partial charge in [0.15, 0.2) is 0 Å². The van der Waals surface area contributed by atoms with Crippen molar-refractivity contribution in [3.8, 4) is 0 Å². The molecule has 1 aromatic heterocycles. The fourth-order valence-electron chi connectivity index (χ4n) is 3.57. The molecule has 0 spiro atoms. The molecule has 0 saturated heterocycles. The molecule has 146 valence electrons. The van der Waals surface area contributed by atoms with Gasteiger partial charge in [-0.15, -0.1) is 0 Å². The van der Waals surface area contributed by atoms with Gasteiger partial charge >= 0.3 is 0 Å². The van der Waals surface area contributed by atoms with Gasteiger partial charge in [0.05, 0.1) is 0 Å². The molecule has 0 aliphatic carbocycles. The van der Waals surface area contributed by atoms with Crippen LogP contribution >= 0.6 is 0 Å². The predicted octanol–water partition coefficient (Wildman–Crippen LogP) is 2.00. The second-order valence-electron chi connectivity index (χ2n) is 7.63. The maximum absolute atomic E-state index is 2.53. The molecule has 2 aromatic carbocycles. The summed E-state index contributed by atoms with van der Waals surface area (Å²) in [6, 6.07) is 15.9. The Hall–Kier alpha value is -2.00. The van der Waals surface area contributed by atoms with Crippen molar-refractivity contribution in [3.63, 3.8) is 0 Å². The Balaban J connectivity index is 0.00000261. The summed E-state index contributed by atoms with van der Waals surface area (Å²) in [4.78, 5) is 4.36. The lowest BCUT2D eigenvalue weighted by atomic mass is 10.1. The molecule has 4 heteroatoms. The minimum absolute atomic E-state index is 0. The Morgan fingerprint density at radius 3 is 1.67 bits per heavy atom. The maximum atomic E-state index is 2.53. The number of benzene rings is 2. The van der Waals surface area contributed by atoms with Crippen LogP contribution in [0.1, 0.15) is 32.6 Å². The highest BCUT2D eigenvalue weighted by Crippen LogP contribution is 2.25.